The van der Waals surface area contributed by atoms with Crippen LogP contribution in [-0.2, 0) is 6.54 Å². The number of aromatic nitrogens is 3. The van der Waals surface area contributed by atoms with Gasteiger partial charge in [0.25, 0.3) is 0 Å². The molecule has 4 aromatic carbocycles. The van der Waals surface area contributed by atoms with Gasteiger partial charge in [0.15, 0.2) is 0 Å². The number of benzene rings is 4. The monoisotopic (exact) mass is 614 g/mol. The summed E-state index contributed by atoms with van der Waals surface area (Å²) in [6, 6.07) is 27.9. The van der Waals surface area contributed by atoms with Crippen LogP contribution in [0.15, 0.2) is 91.1 Å². The van der Waals surface area contributed by atoms with Crippen LogP contribution in [0, 0.1) is 13.8 Å². The summed E-state index contributed by atoms with van der Waals surface area (Å²) in [5.41, 5.74) is 7.92. The number of aryl methyl sites for hydroxylation is 2. The number of hydrogen-bond donors (Lipinski definition) is 2. The number of ether oxygens (including phenoxy) is 2. The fraction of sp³-hybridized carbons (Fsp3) is 0.216. The second kappa shape index (κ2) is 13.3. The van der Waals surface area contributed by atoms with Crippen LogP contribution in [0.1, 0.15) is 18.1 Å². The van der Waals surface area contributed by atoms with E-state index in [0.717, 1.165) is 51.9 Å². The number of nitrogens with zero attached hydrogens (tertiary/aromatic N) is 4. The molecule has 0 unspecified atom stereocenters. The van der Waals surface area contributed by atoms with Crippen molar-refractivity contribution >= 4 is 45.4 Å². The average molecular weight is 615 g/mol. The molecule has 6 aromatic rings. The van der Waals surface area contributed by atoms with Crippen molar-refractivity contribution in [2.24, 2.45) is 0 Å². The van der Waals surface area contributed by atoms with E-state index in [4.69, 9.17) is 9.47 Å². The highest BCUT2D eigenvalue weighted by Gasteiger charge is 2.15. The van der Waals surface area contributed by atoms with E-state index in [9.17, 15) is 4.79 Å². The highest BCUT2D eigenvalue weighted by Crippen LogP contribution is 2.36. The number of carbonyl (C=O) groups excluding carboxylic acids is 1. The van der Waals surface area contributed by atoms with E-state index in [-0.39, 0.29) is 0 Å². The van der Waals surface area contributed by atoms with E-state index >= 15 is 0 Å². The molecular weight excluding hydrogens is 576 g/mol. The third-order valence-electron chi connectivity index (χ3n) is 8.08. The zero-order valence-corrected chi connectivity index (χ0v) is 26.8. The fourth-order valence-corrected chi connectivity index (χ4v) is 5.55. The lowest BCUT2D eigenvalue weighted by Gasteiger charge is -2.12. The molecule has 9 heteroatoms. The SMILES string of the molecule is CCn1c2ccc(OC(=O)Nc3ccnc(Nc4ccc(OCCN(C)C)cc4)n3)cc2c2cc(-c3cccc(C)c3C)ccc21. The summed E-state index contributed by atoms with van der Waals surface area (Å²) < 4.78 is 13.8. The second-order valence-electron chi connectivity index (χ2n) is 11.5. The quantitative estimate of drug-likeness (QED) is 0.161. The third-order valence-corrected chi connectivity index (χ3v) is 8.08. The molecule has 6 rings (SSSR count). The maximum absolute atomic E-state index is 13.0. The van der Waals surface area contributed by atoms with Crippen molar-refractivity contribution in [3.8, 4) is 22.6 Å². The van der Waals surface area contributed by atoms with Gasteiger partial charge in [0.1, 0.15) is 23.9 Å². The van der Waals surface area contributed by atoms with Crippen LogP contribution in [0.2, 0.25) is 0 Å². The molecule has 0 aliphatic heterocycles. The molecule has 0 saturated heterocycles. The third kappa shape index (κ3) is 6.64. The molecule has 2 N–H and O–H groups in total. The Hall–Kier alpha value is -5.41. The van der Waals surface area contributed by atoms with Gasteiger partial charge in [0.05, 0.1) is 0 Å². The van der Waals surface area contributed by atoms with Crippen molar-refractivity contribution in [1.82, 2.24) is 19.4 Å². The normalized spacial score (nSPS) is 11.3. The summed E-state index contributed by atoms with van der Waals surface area (Å²) in [7, 11) is 4.02. The van der Waals surface area contributed by atoms with E-state index < -0.39 is 6.09 Å². The predicted molar refractivity (Wildman–Crippen MR) is 185 cm³/mol. The number of rotatable bonds is 10. The van der Waals surface area contributed by atoms with Gasteiger partial charge in [0.2, 0.25) is 5.95 Å². The molecule has 46 heavy (non-hydrogen) atoms. The molecule has 0 atom stereocenters. The molecule has 234 valence electrons. The van der Waals surface area contributed by atoms with Gasteiger partial charge in [-0.2, -0.15) is 4.98 Å². The Morgan fingerprint density at radius 1 is 0.891 bits per heavy atom. The van der Waals surface area contributed by atoms with Crippen LogP contribution in [0.5, 0.6) is 11.5 Å². The highest BCUT2D eigenvalue weighted by atomic mass is 16.6. The van der Waals surface area contributed by atoms with Crippen LogP contribution < -0.4 is 20.1 Å². The smallest absolute Gasteiger partial charge is 0.418 e. The summed E-state index contributed by atoms with van der Waals surface area (Å²) in [4.78, 5) is 23.7. The summed E-state index contributed by atoms with van der Waals surface area (Å²) in [5, 5.41) is 8.01. The van der Waals surface area contributed by atoms with Crippen molar-refractivity contribution in [3.63, 3.8) is 0 Å². The standard InChI is InChI=1S/C37H38N6O3/c1-6-43-33-16-10-26(30-9-7-8-24(2)25(30)3)22-31(33)32-23-29(15-17-34(32)43)46-37(44)41-35-18-19-38-36(40-35)39-27-11-13-28(14-12-27)45-21-20-42(4)5/h7-19,22-23H,6,20-21H2,1-5H3,(H2,38,39,40,41,44). The van der Waals surface area contributed by atoms with Crippen LogP contribution in [0.4, 0.5) is 22.2 Å². The summed E-state index contributed by atoms with van der Waals surface area (Å²) in [6.07, 6.45) is 0.932. The fourth-order valence-electron chi connectivity index (χ4n) is 5.55. The van der Waals surface area contributed by atoms with Crippen molar-refractivity contribution in [2.75, 3.05) is 37.9 Å². The Balaban J connectivity index is 1.17. The van der Waals surface area contributed by atoms with Crippen molar-refractivity contribution in [1.29, 1.82) is 0 Å². The molecule has 9 nitrogen and oxygen atoms in total. The number of anilines is 3. The number of hydrogen-bond acceptors (Lipinski definition) is 7. The second-order valence-corrected chi connectivity index (χ2v) is 11.5. The maximum atomic E-state index is 13.0. The minimum Gasteiger partial charge on any atom is -0.492 e. The molecule has 2 heterocycles. The van der Waals surface area contributed by atoms with E-state index in [1.165, 1.54) is 16.7 Å². The first-order valence-corrected chi connectivity index (χ1v) is 15.4. The minimum absolute atomic E-state index is 0.313. The number of fused-ring (bicyclic) bond motifs is 3. The number of likely N-dealkylation sites (N-methyl/N-ethyl adjacent to an activating group) is 1. The lowest BCUT2D eigenvalue weighted by atomic mass is 9.96. The Morgan fingerprint density at radius 2 is 1.63 bits per heavy atom. The molecule has 0 spiro atoms. The summed E-state index contributed by atoms with van der Waals surface area (Å²) in [6.45, 7) is 8.70. The van der Waals surface area contributed by atoms with Gasteiger partial charge >= 0.3 is 6.09 Å². The van der Waals surface area contributed by atoms with Gasteiger partial charge < -0.3 is 24.3 Å². The Bertz CT molecular complexity index is 2020. The Labute approximate surface area is 268 Å². The molecular formula is C37H38N6O3. The van der Waals surface area contributed by atoms with Crippen LogP contribution >= 0.6 is 0 Å². The van der Waals surface area contributed by atoms with Gasteiger partial charge in [-0.1, -0.05) is 24.3 Å². The average Bonchev–Trinajstić information content (AvgIpc) is 3.35. The molecule has 0 aliphatic rings. The number of carbonyl (C=O) groups is 1. The van der Waals surface area contributed by atoms with Gasteiger partial charge in [-0.15, -0.1) is 0 Å². The van der Waals surface area contributed by atoms with E-state index in [2.05, 4.69) is 87.2 Å². The van der Waals surface area contributed by atoms with Crippen LogP contribution in [0.25, 0.3) is 32.9 Å². The van der Waals surface area contributed by atoms with E-state index in [1.807, 2.05) is 56.6 Å². The molecule has 0 aliphatic carbocycles. The number of amides is 1. The molecule has 1 amide bonds. The van der Waals surface area contributed by atoms with E-state index in [0.29, 0.717) is 24.1 Å². The Kier molecular flexibility index (Phi) is 8.85. The van der Waals surface area contributed by atoms with Crippen molar-refractivity contribution in [2.45, 2.75) is 27.3 Å². The van der Waals surface area contributed by atoms with Crippen molar-refractivity contribution < 1.29 is 14.3 Å². The van der Waals surface area contributed by atoms with Gasteiger partial charge in [0, 0.05) is 46.8 Å². The van der Waals surface area contributed by atoms with E-state index in [1.54, 1.807) is 12.3 Å². The summed E-state index contributed by atoms with van der Waals surface area (Å²) >= 11 is 0. The molecule has 0 fully saturated rings. The zero-order chi connectivity index (χ0) is 32.2. The first kappa shape index (κ1) is 30.6. The lowest BCUT2D eigenvalue weighted by Crippen LogP contribution is -2.19. The van der Waals surface area contributed by atoms with Gasteiger partial charge in [-0.25, -0.2) is 9.78 Å². The van der Waals surface area contributed by atoms with Crippen LogP contribution in [0.3, 0.4) is 0 Å². The Morgan fingerprint density at radius 3 is 2.39 bits per heavy atom. The topological polar surface area (TPSA) is 93.5 Å². The summed E-state index contributed by atoms with van der Waals surface area (Å²) in [5.74, 6) is 1.88. The minimum atomic E-state index is -0.640. The largest absolute Gasteiger partial charge is 0.492 e. The van der Waals surface area contributed by atoms with Gasteiger partial charge in [-0.3, -0.25) is 5.32 Å². The molecule has 0 radical (unpaired) electrons. The maximum Gasteiger partial charge on any atom is 0.418 e. The molecule has 2 aromatic heterocycles. The first-order chi connectivity index (χ1) is 22.3. The highest BCUT2D eigenvalue weighted by molar-refractivity contribution is 6.10. The van der Waals surface area contributed by atoms with Crippen molar-refractivity contribution in [3.05, 3.63) is 102 Å². The first-order valence-electron chi connectivity index (χ1n) is 15.4. The molecule has 0 saturated carbocycles. The lowest BCUT2D eigenvalue weighted by molar-refractivity contribution is 0.215. The molecule has 0 bridgehead atoms. The number of nitrogens with one attached hydrogen (secondary N) is 2. The zero-order valence-electron chi connectivity index (χ0n) is 26.8. The predicted octanol–water partition coefficient (Wildman–Crippen LogP) is 8.18. The van der Waals surface area contributed by atoms with Gasteiger partial charge in [-0.05, 0) is 118 Å². The van der Waals surface area contributed by atoms with Crippen LogP contribution in [-0.4, -0.2) is 52.8 Å².